The van der Waals surface area contributed by atoms with Crippen molar-refractivity contribution >= 4 is 22.0 Å². The van der Waals surface area contributed by atoms with E-state index in [1.54, 1.807) is 4.90 Å². The van der Waals surface area contributed by atoms with Crippen molar-refractivity contribution in [3.8, 4) is 0 Å². The summed E-state index contributed by atoms with van der Waals surface area (Å²) in [5.41, 5.74) is 7.22. The second-order valence-electron chi connectivity index (χ2n) is 7.30. The first kappa shape index (κ1) is 18.3. The molecule has 0 aromatic heterocycles. The summed E-state index contributed by atoms with van der Waals surface area (Å²) < 4.78 is 6.51. The quantitative estimate of drug-likeness (QED) is 0.860. The molecule has 2 N–H and O–H groups in total. The van der Waals surface area contributed by atoms with Gasteiger partial charge in [0.1, 0.15) is 5.60 Å². The van der Waals surface area contributed by atoms with E-state index in [0.29, 0.717) is 5.92 Å². The molecule has 1 fully saturated rings. The molecule has 1 aliphatic heterocycles. The highest BCUT2D eigenvalue weighted by Crippen LogP contribution is 2.23. The van der Waals surface area contributed by atoms with Gasteiger partial charge in [0.2, 0.25) is 0 Å². The van der Waals surface area contributed by atoms with E-state index in [1.165, 1.54) is 5.56 Å². The summed E-state index contributed by atoms with van der Waals surface area (Å²) in [5, 5.41) is 0. The fourth-order valence-electron chi connectivity index (χ4n) is 2.90. The van der Waals surface area contributed by atoms with E-state index in [2.05, 4.69) is 28.1 Å². The van der Waals surface area contributed by atoms with Gasteiger partial charge in [0.15, 0.2) is 0 Å². The summed E-state index contributed by atoms with van der Waals surface area (Å²) in [6.45, 7) is 7.14. The van der Waals surface area contributed by atoms with Crippen LogP contribution in [0, 0.1) is 5.92 Å². The third-order valence-electron chi connectivity index (χ3n) is 4.18. The lowest BCUT2D eigenvalue weighted by Gasteiger charge is -2.35. The van der Waals surface area contributed by atoms with Crippen LogP contribution in [0.2, 0.25) is 0 Å². The summed E-state index contributed by atoms with van der Waals surface area (Å²) in [7, 11) is 0. The highest BCUT2D eigenvalue weighted by atomic mass is 79.9. The monoisotopic (exact) mass is 382 g/mol. The molecule has 1 saturated heterocycles. The van der Waals surface area contributed by atoms with Crippen LogP contribution in [0.4, 0.5) is 4.79 Å². The van der Waals surface area contributed by atoms with E-state index in [4.69, 9.17) is 10.5 Å². The number of nitrogens with two attached hydrogens (primary N) is 1. The first-order chi connectivity index (χ1) is 10.7. The zero-order valence-corrected chi connectivity index (χ0v) is 15.8. The van der Waals surface area contributed by atoms with Gasteiger partial charge in [-0.2, -0.15) is 0 Å². The third kappa shape index (κ3) is 5.81. The van der Waals surface area contributed by atoms with Crippen molar-refractivity contribution in [1.29, 1.82) is 0 Å². The SMILES string of the molecule is CC(C)(C)OC(=O)N1CCC(C(N)Cc2ccc(Br)cc2)CC1. The Labute approximate surface area is 147 Å². The van der Waals surface area contributed by atoms with E-state index >= 15 is 0 Å². The average molecular weight is 383 g/mol. The van der Waals surface area contributed by atoms with Crippen molar-refractivity contribution in [3.05, 3.63) is 34.3 Å². The van der Waals surface area contributed by atoms with Crippen LogP contribution in [0.25, 0.3) is 0 Å². The van der Waals surface area contributed by atoms with Gasteiger partial charge in [-0.05, 0) is 63.6 Å². The number of hydrogen-bond acceptors (Lipinski definition) is 3. The molecule has 23 heavy (non-hydrogen) atoms. The van der Waals surface area contributed by atoms with Crippen molar-refractivity contribution in [3.63, 3.8) is 0 Å². The lowest BCUT2D eigenvalue weighted by atomic mass is 9.86. The van der Waals surface area contributed by atoms with E-state index in [0.717, 1.165) is 36.8 Å². The van der Waals surface area contributed by atoms with Crippen LogP contribution in [0.15, 0.2) is 28.7 Å². The number of carbonyl (C=O) groups is 1. The van der Waals surface area contributed by atoms with Crippen LogP contribution in [-0.2, 0) is 11.2 Å². The maximum Gasteiger partial charge on any atom is 0.410 e. The summed E-state index contributed by atoms with van der Waals surface area (Å²) in [6.07, 6.45) is 2.55. The minimum atomic E-state index is -0.439. The molecule has 1 unspecified atom stereocenters. The summed E-state index contributed by atoms with van der Waals surface area (Å²) in [6, 6.07) is 8.46. The van der Waals surface area contributed by atoms with Gasteiger partial charge in [0.25, 0.3) is 0 Å². The van der Waals surface area contributed by atoms with Gasteiger partial charge in [0, 0.05) is 23.6 Å². The number of piperidine rings is 1. The van der Waals surface area contributed by atoms with Crippen molar-refractivity contribution in [2.75, 3.05) is 13.1 Å². The normalized spacial score (nSPS) is 17.9. The molecular weight excluding hydrogens is 356 g/mol. The van der Waals surface area contributed by atoms with E-state index in [9.17, 15) is 4.79 Å². The highest BCUT2D eigenvalue weighted by Gasteiger charge is 2.29. The molecule has 0 bridgehead atoms. The van der Waals surface area contributed by atoms with Crippen molar-refractivity contribution in [2.45, 2.75) is 51.7 Å². The maximum absolute atomic E-state index is 12.1. The summed E-state index contributed by atoms with van der Waals surface area (Å²) >= 11 is 3.45. The lowest BCUT2D eigenvalue weighted by Crippen LogP contribution is -2.45. The molecule has 1 amide bonds. The maximum atomic E-state index is 12.1. The first-order valence-electron chi connectivity index (χ1n) is 8.22. The highest BCUT2D eigenvalue weighted by molar-refractivity contribution is 9.10. The Morgan fingerprint density at radius 3 is 2.39 bits per heavy atom. The molecule has 1 heterocycles. The van der Waals surface area contributed by atoms with Gasteiger partial charge in [-0.1, -0.05) is 28.1 Å². The summed E-state index contributed by atoms with van der Waals surface area (Å²) in [4.78, 5) is 13.9. The van der Waals surface area contributed by atoms with Gasteiger partial charge in [-0.15, -0.1) is 0 Å². The van der Waals surface area contributed by atoms with Crippen LogP contribution in [-0.4, -0.2) is 35.7 Å². The molecule has 0 saturated carbocycles. The van der Waals surface area contributed by atoms with Crippen LogP contribution >= 0.6 is 15.9 Å². The molecule has 1 atom stereocenters. The Kier molecular flexibility index (Phi) is 6.09. The van der Waals surface area contributed by atoms with E-state index in [1.807, 2.05) is 32.9 Å². The second-order valence-corrected chi connectivity index (χ2v) is 8.21. The number of ether oxygens (including phenoxy) is 1. The predicted octanol–water partition coefficient (Wildman–Crippen LogP) is 3.97. The van der Waals surface area contributed by atoms with Crippen molar-refractivity contribution in [2.24, 2.45) is 11.7 Å². The molecule has 0 spiro atoms. The number of rotatable bonds is 3. The fraction of sp³-hybridized carbons (Fsp3) is 0.611. The largest absolute Gasteiger partial charge is 0.444 e. The molecule has 128 valence electrons. The molecule has 0 radical (unpaired) electrons. The van der Waals surface area contributed by atoms with Crippen molar-refractivity contribution < 1.29 is 9.53 Å². The van der Waals surface area contributed by atoms with Crippen molar-refractivity contribution in [1.82, 2.24) is 4.90 Å². The van der Waals surface area contributed by atoms with Gasteiger partial charge in [0.05, 0.1) is 0 Å². The Balaban J connectivity index is 1.81. The van der Waals surface area contributed by atoms with Gasteiger partial charge in [-0.25, -0.2) is 4.79 Å². The minimum absolute atomic E-state index is 0.136. The number of benzene rings is 1. The molecule has 1 aromatic carbocycles. The van der Waals surface area contributed by atoms with E-state index < -0.39 is 5.60 Å². The first-order valence-corrected chi connectivity index (χ1v) is 9.02. The van der Waals surface area contributed by atoms with Gasteiger partial charge >= 0.3 is 6.09 Å². The number of hydrogen-bond donors (Lipinski definition) is 1. The Hall–Kier alpha value is -1.07. The number of nitrogens with zero attached hydrogens (tertiary/aromatic N) is 1. The standard InChI is InChI=1S/C18H27BrN2O2/c1-18(2,3)23-17(22)21-10-8-14(9-11-21)16(20)12-13-4-6-15(19)7-5-13/h4-7,14,16H,8-12,20H2,1-3H3. The zero-order chi connectivity index (χ0) is 17.0. The van der Waals surface area contributed by atoms with Gasteiger partial charge in [-0.3, -0.25) is 0 Å². The minimum Gasteiger partial charge on any atom is -0.444 e. The van der Waals surface area contributed by atoms with Crippen LogP contribution in [0.3, 0.4) is 0 Å². The molecule has 0 aliphatic carbocycles. The predicted molar refractivity (Wildman–Crippen MR) is 96.4 cm³/mol. The average Bonchev–Trinajstić information content (AvgIpc) is 2.48. The molecule has 5 heteroatoms. The third-order valence-corrected chi connectivity index (χ3v) is 4.71. The Morgan fingerprint density at radius 1 is 1.30 bits per heavy atom. The van der Waals surface area contributed by atoms with E-state index in [-0.39, 0.29) is 12.1 Å². The second kappa shape index (κ2) is 7.67. The molecular formula is C18H27BrN2O2. The topological polar surface area (TPSA) is 55.6 Å². The smallest absolute Gasteiger partial charge is 0.410 e. The van der Waals surface area contributed by atoms with Crippen LogP contribution in [0.5, 0.6) is 0 Å². The molecule has 1 aromatic rings. The Bertz CT molecular complexity index is 517. The summed E-state index contributed by atoms with van der Waals surface area (Å²) in [5.74, 6) is 0.456. The number of carbonyl (C=O) groups excluding carboxylic acids is 1. The number of amides is 1. The van der Waals surface area contributed by atoms with Gasteiger partial charge < -0.3 is 15.4 Å². The number of likely N-dealkylation sites (tertiary alicyclic amines) is 1. The molecule has 2 rings (SSSR count). The Morgan fingerprint density at radius 2 is 1.87 bits per heavy atom. The fourth-order valence-corrected chi connectivity index (χ4v) is 3.16. The number of halogens is 1. The molecule has 4 nitrogen and oxygen atoms in total. The molecule has 1 aliphatic rings. The van der Waals surface area contributed by atoms with Crippen LogP contribution in [0.1, 0.15) is 39.2 Å². The lowest BCUT2D eigenvalue weighted by molar-refractivity contribution is 0.0174. The zero-order valence-electron chi connectivity index (χ0n) is 14.2. The van der Waals surface area contributed by atoms with Crippen LogP contribution < -0.4 is 5.73 Å².